The third-order valence-electron chi connectivity index (χ3n) is 4.28. The van der Waals surface area contributed by atoms with Gasteiger partial charge in [0.2, 0.25) is 5.91 Å². The van der Waals surface area contributed by atoms with Gasteiger partial charge in [-0.3, -0.25) is 4.79 Å². The van der Waals surface area contributed by atoms with Crippen LogP contribution in [0.3, 0.4) is 0 Å². The molecule has 6 heteroatoms. The fourth-order valence-electron chi connectivity index (χ4n) is 2.91. The zero-order valence-corrected chi connectivity index (χ0v) is 14.6. The molecule has 5 nitrogen and oxygen atoms in total. The van der Waals surface area contributed by atoms with Gasteiger partial charge in [0.15, 0.2) is 5.13 Å². The molecular formula is C18H22N4OS. The van der Waals surface area contributed by atoms with Gasteiger partial charge in [-0.05, 0) is 25.0 Å². The Morgan fingerprint density at radius 1 is 1.33 bits per heavy atom. The first-order valence-electron chi connectivity index (χ1n) is 8.05. The van der Waals surface area contributed by atoms with E-state index in [2.05, 4.69) is 22.2 Å². The largest absolute Gasteiger partial charge is 0.402 e. The molecule has 0 unspecified atom stereocenters. The number of nitrogens with two attached hydrogens (primary N) is 1. The smallest absolute Gasteiger partial charge is 0.221 e. The number of amides is 1. The normalized spacial score (nSPS) is 15.3. The minimum atomic E-state index is -0.0674. The SMILES string of the molecule is C=C(N)C1CCN(c2nc(-c3ccc(NC(C)=O)cc3)cs2)CC1. The lowest BCUT2D eigenvalue weighted by Crippen LogP contribution is -2.35. The fourth-order valence-corrected chi connectivity index (χ4v) is 3.80. The Hall–Kier alpha value is -2.34. The average Bonchev–Trinajstić information content (AvgIpc) is 3.05. The van der Waals surface area contributed by atoms with Crippen molar-refractivity contribution in [3.8, 4) is 11.3 Å². The van der Waals surface area contributed by atoms with E-state index in [0.717, 1.165) is 53.7 Å². The molecule has 0 radical (unpaired) electrons. The number of piperidine rings is 1. The molecule has 3 rings (SSSR count). The second-order valence-corrected chi connectivity index (χ2v) is 6.95. The predicted octanol–water partition coefficient (Wildman–Crippen LogP) is 3.46. The van der Waals surface area contributed by atoms with Gasteiger partial charge in [-0.15, -0.1) is 11.3 Å². The van der Waals surface area contributed by atoms with E-state index in [-0.39, 0.29) is 5.91 Å². The van der Waals surface area contributed by atoms with Crippen molar-refractivity contribution in [3.63, 3.8) is 0 Å². The third-order valence-corrected chi connectivity index (χ3v) is 5.18. The maximum absolute atomic E-state index is 11.1. The number of hydrogen-bond donors (Lipinski definition) is 2. The number of hydrogen-bond acceptors (Lipinski definition) is 5. The molecule has 2 heterocycles. The molecule has 3 N–H and O–H groups in total. The molecule has 1 aromatic carbocycles. The van der Waals surface area contributed by atoms with Crippen LogP contribution < -0.4 is 16.0 Å². The lowest BCUT2D eigenvalue weighted by molar-refractivity contribution is -0.114. The number of nitrogens with one attached hydrogen (secondary N) is 1. The van der Waals surface area contributed by atoms with Crippen LogP contribution >= 0.6 is 11.3 Å². The van der Waals surface area contributed by atoms with Crippen LogP contribution in [0.15, 0.2) is 41.9 Å². The highest BCUT2D eigenvalue weighted by Gasteiger charge is 2.22. The van der Waals surface area contributed by atoms with Crippen molar-refractivity contribution in [2.45, 2.75) is 19.8 Å². The van der Waals surface area contributed by atoms with Crippen LogP contribution in [0.2, 0.25) is 0 Å². The number of allylic oxidation sites excluding steroid dienone is 1. The summed E-state index contributed by atoms with van der Waals surface area (Å²) in [6.07, 6.45) is 2.07. The van der Waals surface area contributed by atoms with Gasteiger partial charge in [0.05, 0.1) is 5.69 Å². The van der Waals surface area contributed by atoms with E-state index in [4.69, 9.17) is 10.7 Å². The first-order valence-corrected chi connectivity index (χ1v) is 8.93. The Balaban J connectivity index is 1.67. The average molecular weight is 342 g/mol. The van der Waals surface area contributed by atoms with E-state index in [9.17, 15) is 4.79 Å². The topological polar surface area (TPSA) is 71.2 Å². The third kappa shape index (κ3) is 3.76. The summed E-state index contributed by atoms with van der Waals surface area (Å²) < 4.78 is 0. The molecule has 1 saturated heterocycles. The quantitative estimate of drug-likeness (QED) is 0.893. The van der Waals surface area contributed by atoms with Gasteiger partial charge >= 0.3 is 0 Å². The Kier molecular flexibility index (Phi) is 4.85. The molecule has 0 spiro atoms. The second kappa shape index (κ2) is 7.05. The number of anilines is 2. The van der Waals surface area contributed by atoms with Gasteiger partial charge in [-0.2, -0.15) is 0 Å². The van der Waals surface area contributed by atoms with E-state index in [1.807, 2.05) is 24.3 Å². The van der Waals surface area contributed by atoms with Crippen molar-refractivity contribution >= 4 is 28.1 Å². The van der Waals surface area contributed by atoms with Crippen molar-refractivity contribution < 1.29 is 4.79 Å². The molecular weight excluding hydrogens is 320 g/mol. The monoisotopic (exact) mass is 342 g/mol. The van der Waals surface area contributed by atoms with Crippen LogP contribution in [-0.4, -0.2) is 24.0 Å². The van der Waals surface area contributed by atoms with Crippen LogP contribution in [0.5, 0.6) is 0 Å². The number of carbonyl (C=O) groups excluding carboxylic acids is 1. The maximum atomic E-state index is 11.1. The molecule has 0 aliphatic carbocycles. The van der Waals surface area contributed by atoms with Gasteiger partial charge < -0.3 is 16.0 Å². The van der Waals surface area contributed by atoms with E-state index >= 15 is 0 Å². The lowest BCUT2D eigenvalue weighted by Gasteiger charge is -2.31. The number of rotatable bonds is 4. The highest BCUT2D eigenvalue weighted by atomic mass is 32.1. The van der Waals surface area contributed by atoms with Crippen molar-refractivity contribution in [2.24, 2.45) is 11.7 Å². The van der Waals surface area contributed by atoms with Gasteiger partial charge in [-0.25, -0.2) is 4.98 Å². The van der Waals surface area contributed by atoms with Crippen LogP contribution in [0.4, 0.5) is 10.8 Å². The summed E-state index contributed by atoms with van der Waals surface area (Å²) >= 11 is 1.67. The first-order chi connectivity index (χ1) is 11.5. The predicted molar refractivity (Wildman–Crippen MR) is 100 cm³/mol. The Morgan fingerprint density at radius 2 is 2.00 bits per heavy atom. The Labute approximate surface area is 146 Å². The molecule has 1 aliphatic heterocycles. The van der Waals surface area contributed by atoms with E-state index < -0.39 is 0 Å². The zero-order chi connectivity index (χ0) is 17.1. The summed E-state index contributed by atoms with van der Waals surface area (Å²) in [5, 5.41) is 5.90. The van der Waals surface area contributed by atoms with Gasteiger partial charge in [0, 0.05) is 48.3 Å². The summed E-state index contributed by atoms with van der Waals surface area (Å²) in [5.74, 6) is 0.365. The molecule has 24 heavy (non-hydrogen) atoms. The highest BCUT2D eigenvalue weighted by Crippen LogP contribution is 2.31. The molecule has 1 amide bonds. The molecule has 1 fully saturated rings. The molecule has 0 bridgehead atoms. The lowest BCUT2D eigenvalue weighted by atomic mass is 9.95. The van der Waals surface area contributed by atoms with Crippen molar-refractivity contribution in [1.82, 2.24) is 4.98 Å². The van der Waals surface area contributed by atoms with E-state index in [0.29, 0.717) is 5.92 Å². The first kappa shape index (κ1) is 16.5. The second-order valence-electron chi connectivity index (χ2n) is 6.11. The molecule has 1 aromatic heterocycles. The van der Waals surface area contributed by atoms with Crippen molar-refractivity contribution in [2.75, 3.05) is 23.3 Å². The summed E-state index contributed by atoms with van der Waals surface area (Å²) in [4.78, 5) is 18.2. The molecule has 0 atom stereocenters. The summed E-state index contributed by atoms with van der Waals surface area (Å²) in [7, 11) is 0. The number of nitrogens with zero attached hydrogens (tertiary/aromatic N) is 2. The number of carbonyl (C=O) groups is 1. The fraction of sp³-hybridized carbons (Fsp3) is 0.333. The maximum Gasteiger partial charge on any atom is 0.221 e. The van der Waals surface area contributed by atoms with E-state index in [1.165, 1.54) is 6.92 Å². The standard InChI is InChI=1S/C18H22N4OS/c1-12(19)14-7-9-22(10-8-14)18-21-17(11-24-18)15-3-5-16(6-4-15)20-13(2)23/h3-6,11,14H,1,7-10,19H2,2H3,(H,20,23). The number of thiazole rings is 1. The minimum absolute atomic E-state index is 0.0674. The van der Waals surface area contributed by atoms with Crippen molar-refractivity contribution in [1.29, 1.82) is 0 Å². The van der Waals surface area contributed by atoms with Crippen LogP contribution in [0.25, 0.3) is 11.3 Å². The minimum Gasteiger partial charge on any atom is -0.402 e. The van der Waals surface area contributed by atoms with Crippen LogP contribution in [-0.2, 0) is 4.79 Å². The van der Waals surface area contributed by atoms with E-state index in [1.54, 1.807) is 11.3 Å². The molecule has 126 valence electrons. The van der Waals surface area contributed by atoms with Gasteiger partial charge in [0.25, 0.3) is 0 Å². The van der Waals surface area contributed by atoms with Gasteiger partial charge in [-0.1, -0.05) is 18.7 Å². The zero-order valence-electron chi connectivity index (χ0n) is 13.8. The molecule has 1 aliphatic rings. The summed E-state index contributed by atoms with van der Waals surface area (Å²) in [6.45, 7) is 7.30. The molecule has 2 aromatic rings. The number of aromatic nitrogens is 1. The summed E-state index contributed by atoms with van der Waals surface area (Å²) in [6, 6.07) is 7.76. The van der Waals surface area contributed by atoms with Gasteiger partial charge in [0.1, 0.15) is 0 Å². The van der Waals surface area contributed by atoms with Crippen molar-refractivity contribution in [3.05, 3.63) is 41.9 Å². The highest BCUT2D eigenvalue weighted by molar-refractivity contribution is 7.14. The Bertz CT molecular complexity index is 730. The van der Waals surface area contributed by atoms with Crippen LogP contribution in [0.1, 0.15) is 19.8 Å². The Morgan fingerprint density at radius 3 is 2.58 bits per heavy atom. The summed E-state index contributed by atoms with van der Waals surface area (Å²) in [5.41, 5.74) is 9.44. The number of benzene rings is 1. The van der Waals surface area contributed by atoms with Crippen LogP contribution in [0, 0.1) is 5.92 Å². The molecule has 0 saturated carbocycles.